The van der Waals surface area contributed by atoms with Gasteiger partial charge in [0.25, 0.3) is 0 Å². The minimum atomic E-state index is -0.268. The quantitative estimate of drug-likeness (QED) is 0.537. The second-order valence-corrected chi connectivity index (χ2v) is 6.71. The third kappa shape index (κ3) is 5.38. The Kier molecular flexibility index (Phi) is 6.35. The van der Waals surface area contributed by atoms with Crippen LogP contribution in [0.25, 0.3) is 6.08 Å². The number of hydrogen-bond donors (Lipinski definition) is 2. The Bertz CT molecular complexity index is 1010. The molecule has 0 heterocycles. The van der Waals surface area contributed by atoms with Gasteiger partial charge in [-0.1, -0.05) is 48.0 Å². The lowest BCUT2D eigenvalue weighted by molar-refractivity contribution is -0.111. The third-order valence-corrected chi connectivity index (χ3v) is 4.36. The number of phenolic OH excluding ortho intramolecular Hbond substituents is 1. The van der Waals surface area contributed by atoms with E-state index in [1.165, 1.54) is 6.08 Å². The number of halogens is 1. The van der Waals surface area contributed by atoms with Crippen molar-refractivity contribution in [3.8, 4) is 11.5 Å². The van der Waals surface area contributed by atoms with E-state index in [-0.39, 0.29) is 11.7 Å². The number of hydrogen-bond acceptors (Lipinski definition) is 3. The molecule has 28 heavy (non-hydrogen) atoms. The number of amides is 1. The number of phenols is 1. The normalized spacial score (nSPS) is 10.8. The van der Waals surface area contributed by atoms with Crippen LogP contribution in [0.2, 0.25) is 5.02 Å². The number of nitrogens with one attached hydrogen (secondary N) is 1. The maximum Gasteiger partial charge on any atom is 0.248 e. The van der Waals surface area contributed by atoms with E-state index in [4.69, 9.17) is 16.3 Å². The first-order valence-electron chi connectivity index (χ1n) is 8.76. The van der Waals surface area contributed by atoms with E-state index in [1.807, 2.05) is 49.4 Å². The molecule has 0 aliphatic carbocycles. The highest BCUT2D eigenvalue weighted by Crippen LogP contribution is 2.22. The van der Waals surface area contributed by atoms with Crippen molar-refractivity contribution in [1.82, 2.24) is 0 Å². The lowest BCUT2D eigenvalue weighted by Crippen LogP contribution is -2.10. The maximum absolute atomic E-state index is 12.3. The molecule has 0 atom stereocenters. The Morgan fingerprint density at radius 2 is 1.93 bits per heavy atom. The molecule has 0 saturated carbocycles. The molecular weight excluding hydrogens is 374 g/mol. The van der Waals surface area contributed by atoms with E-state index in [2.05, 4.69) is 5.32 Å². The highest BCUT2D eigenvalue weighted by Gasteiger charge is 2.06. The van der Waals surface area contributed by atoms with Gasteiger partial charge in [-0.2, -0.15) is 0 Å². The molecule has 142 valence electrons. The molecule has 0 radical (unpaired) electrons. The standard InChI is InChI=1S/C23H20ClNO3/c1-16-9-10-17(13-22(16)26)11-12-23(27)25-21-8-3-2-5-18(21)15-28-20-7-4-6-19(24)14-20/h2-14,26H,15H2,1H3,(H,25,27)/b12-11+. The van der Waals surface area contributed by atoms with Crippen molar-refractivity contribution < 1.29 is 14.6 Å². The monoisotopic (exact) mass is 393 g/mol. The molecule has 0 bridgehead atoms. The van der Waals surface area contributed by atoms with Gasteiger partial charge in [0, 0.05) is 22.3 Å². The average molecular weight is 394 g/mol. The van der Waals surface area contributed by atoms with Crippen molar-refractivity contribution in [1.29, 1.82) is 0 Å². The highest BCUT2D eigenvalue weighted by atomic mass is 35.5. The topological polar surface area (TPSA) is 58.6 Å². The molecule has 3 aromatic carbocycles. The summed E-state index contributed by atoms with van der Waals surface area (Å²) < 4.78 is 5.77. The number of para-hydroxylation sites is 1. The van der Waals surface area contributed by atoms with Crippen LogP contribution in [0, 0.1) is 6.92 Å². The first-order valence-corrected chi connectivity index (χ1v) is 9.14. The number of benzene rings is 3. The molecule has 3 rings (SSSR count). The molecule has 5 heteroatoms. The summed E-state index contributed by atoms with van der Waals surface area (Å²) in [4.78, 5) is 12.3. The van der Waals surface area contributed by atoms with Crippen LogP contribution >= 0.6 is 11.6 Å². The van der Waals surface area contributed by atoms with Crippen LogP contribution in [0.1, 0.15) is 16.7 Å². The largest absolute Gasteiger partial charge is 0.508 e. The van der Waals surface area contributed by atoms with Gasteiger partial charge < -0.3 is 15.2 Å². The van der Waals surface area contributed by atoms with Crippen LogP contribution in [0.4, 0.5) is 5.69 Å². The molecule has 0 unspecified atom stereocenters. The van der Waals surface area contributed by atoms with E-state index in [0.29, 0.717) is 23.1 Å². The molecular formula is C23H20ClNO3. The maximum atomic E-state index is 12.3. The Morgan fingerprint density at radius 1 is 1.11 bits per heavy atom. The van der Waals surface area contributed by atoms with Gasteiger partial charge in [0.1, 0.15) is 18.1 Å². The molecule has 3 aromatic rings. The number of ether oxygens (including phenoxy) is 1. The number of anilines is 1. The molecule has 2 N–H and O–H groups in total. The first-order chi connectivity index (χ1) is 13.5. The molecule has 0 aromatic heterocycles. The SMILES string of the molecule is Cc1ccc(/C=C/C(=O)Nc2ccccc2COc2cccc(Cl)c2)cc1O. The zero-order valence-electron chi connectivity index (χ0n) is 15.4. The first kappa shape index (κ1) is 19.5. The van der Waals surface area contributed by atoms with E-state index in [0.717, 1.165) is 16.7 Å². The zero-order chi connectivity index (χ0) is 19.9. The van der Waals surface area contributed by atoms with Gasteiger partial charge in [-0.3, -0.25) is 4.79 Å². The van der Waals surface area contributed by atoms with Crippen LogP contribution in [0.15, 0.2) is 72.8 Å². The summed E-state index contributed by atoms with van der Waals surface area (Å²) in [6, 6.07) is 19.9. The van der Waals surface area contributed by atoms with Crippen molar-refractivity contribution >= 4 is 29.3 Å². The summed E-state index contributed by atoms with van der Waals surface area (Å²) in [7, 11) is 0. The van der Waals surface area contributed by atoms with Gasteiger partial charge in [0.15, 0.2) is 0 Å². The van der Waals surface area contributed by atoms with E-state index in [9.17, 15) is 9.90 Å². The van der Waals surface area contributed by atoms with E-state index in [1.54, 1.807) is 30.3 Å². The Labute approximate surface area is 169 Å². The number of aryl methyl sites for hydroxylation is 1. The second-order valence-electron chi connectivity index (χ2n) is 6.27. The zero-order valence-corrected chi connectivity index (χ0v) is 16.1. The van der Waals surface area contributed by atoms with Gasteiger partial charge in [-0.25, -0.2) is 0 Å². The molecule has 0 aliphatic rings. The van der Waals surface area contributed by atoms with Crippen molar-refractivity contribution in [2.45, 2.75) is 13.5 Å². The van der Waals surface area contributed by atoms with Crippen LogP contribution in [0.3, 0.4) is 0 Å². The van der Waals surface area contributed by atoms with Crippen LogP contribution in [0.5, 0.6) is 11.5 Å². The number of rotatable bonds is 6. The summed E-state index contributed by atoms with van der Waals surface area (Å²) in [5.41, 5.74) is 3.05. The lowest BCUT2D eigenvalue weighted by atomic mass is 10.1. The average Bonchev–Trinajstić information content (AvgIpc) is 2.68. The molecule has 0 aliphatic heterocycles. The van der Waals surface area contributed by atoms with Crippen molar-refractivity contribution in [2.75, 3.05) is 5.32 Å². The summed E-state index contributed by atoms with van der Waals surface area (Å²) >= 11 is 5.97. The number of carbonyl (C=O) groups is 1. The minimum Gasteiger partial charge on any atom is -0.508 e. The summed E-state index contributed by atoms with van der Waals surface area (Å²) in [5.74, 6) is 0.592. The molecule has 4 nitrogen and oxygen atoms in total. The fraction of sp³-hybridized carbons (Fsp3) is 0.0870. The van der Waals surface area contributed by atoms with Gasteiger partial charge in [-0.15, -0.1) is 0 Å². The van der Waals surface area contributed by atoms with E-state index >= 15 is 0 Å². The Balaban J connectivity index is 1.65. The van der Waals surface area contributed by atoms with Crippen molar-refractivity contribution in [3.05, 3.63) is 94.5 Å². The Hall–Kier alpha value is -3.24. The number of aromatic hydroxyl groups is 1. The second kappa shape index (κ2) is 9.11. The molecule has 1 amide bonds. The summed E-state index contributed by atoms with van der Waals surface area (Å²) in [6.07, 6.45) is 3.08. The summed E-state index contributed by atoms with van der Waals surface area (Å²) in [5, 5.41) is 13.2. The molecule has 0 saturated heterocycles. The highest BCUT2D eigenvalue weighted by molar-refractivity contribution is 6.30. The van der Waals surface area contributed by atoms with Crippen LogP contribution < -0.4 is 10.1 Å². The van der Waals surface area contributed by atoms with Crippen LogP contribution in [-0.4, -0.2) is 11.0 Å². The summed E-state index contributed by atoms with van der Waals surface area (Å²) in [6.45, 7) is 2.12. The molecule has 0 fully saturated rings. The number of carbonyl (C=O) groups excluding carboxylic acids is 1. The van der Waals surface area contributed by atoms with Crippen LogP contribution in [-0.2, 0) is 11.4 Å². The Morgan fingerprint density at radius 3 is 2.71 bits per heavy atom. The van der Waals surface area contributed by atoms with Gasteiger partial charge in [0.05, 0.1) is 0 Å². The predicted octanol–water partition coefficient (Wildman–Crippen LogP) is 5.58. The fourth-order valence-electron chi connectivity index (χ4n) is 2.56. The van der Waals surface area contributed by atoms with Gasteiger partial charge in [0.2, 0.25) is 5.91 Å². The molecule has 0 spiro atoms. The van der Waals surface area contributed by atoms with Gasteiger partial charge in [-0.05, 0) is 54.5 Å². The smallest absolute Gasteiger partial charge is 0.248 e. The fourth-order valence-corrected chi connectivity index (χ4v) is 2.74. The lowest BCUT2D eigenvalue weighted by Gasteiger charge is -2.11. The third-order valence-electron chi connectivity index (χ3n) is 4.13. The van der Waals surface area contributed by atoms with Crippen molar-refractivity contribution in [3.63, 3.8) is 0 Å². The predicted molar refractivity (Wildman–Crippen MR) is 113 cm³/mol. The minimum absolute atomic E-state index is 0.200. The van der Waals surface area contributed by atoms with Gasteiger partial charge >= 0.3 is 0 Å². The van der Waals surface area contributed by atoms with Crippen molar-refractivity contribution in [2.24, 2.45) is 0 Å². The van der Waals surface area contributed by atoms with E-state index < -0.39 is 0 Å².